The summed E-state index contributed by atoms with van der Waals surface area (Å²) in [7, 11) is 0. The normalized spacial score (nSPS) is 20.9. The van der Waals surface area contributed by atoms with Crippen LogP contribution in [0, 0.1) is 20.8 Å². The molecular formula is C22H22N2O3. The average molecular weight is 362 g/mol. The first-order chi connectivity index (χ1) is 12.8. The maximum Gasteiger partial charge on any atom is 0.325 e. The molecule has 3 amide bonds. The Labute approximate surface area is 158 Å². The van der Waals surface area contributed by atoms with Gasteiger partial charge in [-0.3, -0.25) is 14.5 Å². The Morgan fingerprint density at radius 2 is 1.78 bits per heavy atom. The van der Waals surface area contributed by atoms with Gasteiger partial charge in [-0.25, -0.2) is 4.79 Å². The number of carbonyl (C=O) groups is 3. The number of fused-ring (bicyclic) bond motifs is 2. The van der Waals surface area contributed by atoms with Gasteiger partial charge in [0.15, 0.2) is 5.78 Å². The predicted octanol–water partition coefficient (Wildman–Crippen LogP) is 3.19. The number of urea groups is 1. The third kappa shape index (κ3) is 2.57. The molecule has 5 heteroatoms. The first-order valence-electron chi connectivity index (χ1n) is 9.17. The van der Waals surface area contributed by atoms with Gasteiger partial charge < -0.3 is 5.32 Å². The largest absolute Gasteiger partial charge is 0.325 e. The Kier molecular flexibility index (Phi) is 3.91. The van der Waals surface area contributed by atoms with Gasteiger partial charge in [0.25, 0.3) is 5.91 Å². The van der Waals surface area contributed by atoms with E-state index in [4.69, 9.17) is 0 Å². The molecular weight excluding hydrogens is 340 g/mol. The number of imide groups is 1. The summed E-state index contributed by atoms with van der Waals surface area (Å²) < 4.78 is 0. The monoisotopic (exact) mass is 362 g/mol. The lowest BCUT2D eigenvalue weighted by atomic mass is 9.91. The van der Waals surface area contributed by atoms with Gasteiger partial charge in [0, 0.05) is 5.56 Å². The smallest absolute Gasteiger partial charge is 0.319 e. The maximum atomic E-state index is 13.2. The molecule has 0 radical (unpaired) electrons. The van der Waals surface area contributed by atoms with E-state index in [0.717, 1.165) is 39.1 Å². The zero-order chi connectivity index (χ0) is 19.3. The van der Waals surface area contributed by atoms with Crippen LogP contribution >= 0.6 is 0 Å². The summed E-state index contributed by atoms with van der Waals surface area (Å²) in [4.78, 5) is 39.7. The third-order valence-corrected chi connectivity index (χ3v) is 5.87. The van der Waals surface area contributed by atoms with Crippen molar-refractivity contribution in [2.45, 2.75) is 39.2 Å². The average Bonchev–Trinajstić information content (AvgIpc) is 3.12. The minimum atomic E-state index is -1.02. The van der Waals surface area contributed by atoms with Gasteiger partial charge in [-0.1, -0.05) is 30.3 Å². The summed E-state index contributed by atoms with van der Waals surface area (Å²) in [6, 6.07) is 11.0. The molecule has 2 aliphatic rings. The number of nitrogens with zero attached hydrogens (tertiary/aromatic N) is 1. The van der Waals surface area contributed by atoms with Gasteiger partial charge in [0.1, 0.15) is 5.54 Å². The van der Waals surface area contributed by atoms with E-state index in [1.165, 1.54) is 0 Å². The van der Waals surface area contributed by atoms with Crippen molar-refractivity contribution in [3.05, 3.63) is 69.8 Å². The highest BCUT2D eigenvalue weighted by Crippen LogP contribution is 2.41. The Morgan fingerprint density at radius 3 is 2.56 bits per heavy atom. The molecule has 1 fully saturated rings. The van der Waals surface area contributed by atoms with Crippen molar-refractivity contribution in [1.29, 1.82) is 0 Å². The van der Waals surface area contributed by atoms with E-state index in [9.17, 15) is 14.4 Å². The van der Waals surface area contributed by atoms with E-state index < -0.39 is 11.6 Å². The first-order valence-corrected chi connectivity index (χ1v) is 9.17. The molecule has 4 rings (SSSR count). The summed E-state index contributed by atoms with van der Waals surface area (Å²) in [6.07, 6.45) is 1.27. The highest BCUT2D eigenvalue weighted by atomic mass is 16.2. The van der Waals surface area contributed by atoms with Crippen molar-refractivity contribution in [2.24, 2.45) is 0 Å². The SMILES string of the molecule is Cc1cc(C)c(C(=O)CN2C(=O)NC3(CCc4ccccc43)C2=O)cc1C. The Balaban J connectivity index is 1.63. The molecule has 0 saturated carbocycles. The molecule has 1 atom stereocenters. The molecule has 27 heavy (non-hydrogen) atoms. The number of ketones is 1. The molecule has 1 spiro atoms. The maximum absolute atomic E-state index is 13.2. The molecule has 1 aliphatic carbocycles. The zero-order valence-corrected chi connectivity index (χ0v) is 15.8. The lowest BCUT2D eigenvalue weighted by Gasteiger charge is -2.22. The van der Waals surface area contributed by atoms with Crippen LogP contribution in [0.5, 0.6) is 0 Å². The summed E-state index contributed by atoms with van der Waals surface area (Å²) in [6.45, 7) is 5.58. The Bertz CT molecular complexity index is 995. The fraction of sp³-hybridized carbons (Fsp3) is 0.318. The van der Waals surface area contributed by atoms with Gasteiger partial charge in [-0.05, 0) is 67.5 Å². The highest BCUT2D eigenvalue weighted by Gasteiger charge is 2.55. The van der Waals surface area contributed by atoms with Crippen LogP contribution in [0.15, 0.2) is 36.4 Å². The van der Waals surface area contributed by atoms with Crippen LogP contribution < -0.4 is 5.32 Å². The number of Topliss-reactive ketones (excluding diaryl/α,β-unsaturated/α-hetero) is 1. The molecule has 2 aromatic rings. The number of benzene rings is 2. The Morgan fingerprint density at radius 1 is 1.07 bits per heavy atom. The molecule has 138 valence electrons. The van der Waals surface area contributed by atoms with Gasteiger partial charge >= 0.3 is 6.03 Å². The summed E-state index contributed by atoms with van der Waals surface area (Å²) >= 11 is 0. The lowest BCUT2D eigenvalue weighted by molar-refractivity contribution is -0.131. The van der Waals surface area contributed by atoms with Crippen molar-refractivity contribution in [3.8, 4) is 0 Å². The standard InChI is InChI=1S/C22H22N2O3/c1-13-10-15(3)17(11-14(13)2)19(25)12-24-20(26)22(23-21(24)27)9-8-16-6-4-5-7-18(16)22/h4-7,10-11H,8-9,12H2,1-3H3,(H,23,27). The minimum Gasteiger partial charge on any atom is -0.319 e. The second kappa shape index (κ2) is 6.05. The number of hydrogen-bond acceptors (Lipinski definition) is 3. The zero-order valence-electron chi connectivity index (χ0n) is 15.8. The second-order valence-electron chi connectivity index (χ2n) is 7.56. The van der Waals surface area contributed by atoms with Crippen LogP contribution in [0.3, 0.4) is 0 Å². The number of amides is 3. The molecule has 1 N–H and O–H groups in total. The molecule has 1 unspecified atom stereocenters. The number of carbonyl (C=O) groups excluding carboxylic acids is 3. The van der Waals surface area contributed by atoms with Crippen LogP contribution in [0.2, 0.25) is 0 Å². The van der Waals surface area contributed by atoms with Crippen molar-refractivity contribution >= 4 is 17.7 Å². The molecule has 0 aromatic heterocycles. The van der Waals surface area contributed by atoms with Crippen LogP contribution in [0.25, 0.3) is 0 Å². The van der Waals surface area contributed by atoms with Crippen molar-refractivity contribution in [3.63, 3.8) is 0 Å². The minimum absolute atomic E-state index is 0.220. The van der Waals surface area contributed by atoms with E-state index in [1.54, 1.807) is 0 Å². The van der Waals surface area contributed by atoms with E-state index in [-0.39, 0.29) is 18.2 Å². The van der Waals surface area contributed by atoms with Crippen LogP contribution in [-0.2, 0) is 16.8 Å². The van der Waals surface area contributed by atoms with Crippen LogP contribution in [-0.4, -0.2) is 29.2 Å². The summed E-state index contributed by atoms with van der Waals surface area (Å²) in [5.74, 6) is -0.547. The van der Waals surface area contributed by atoms with E-state index >= 15 is 0 Å². The highest BCUT2D eigenvalue weighted by molar-refractivity contribution is 6.12. The number of rotatable bonds is 3. The third-order valence-electron chi connectivity index (χ3n) is 5.87. The van der Waals surface area contributed by atoms with Gasteiger partial charge in [-0.2, -0.15) is 0 Å². The number of aryl methyl sites for hydroxylation is 4. The number of hydrogen-bond donors (Lipinski definition) is 1. The quantitative estimate of drug-likeness (QED) is 0.674. The van der Waals surface area contributed by atoms with Crippen LogP contribution in [0.1, 0.15) is 44.6 Å². The molecule has 0 bridgehead atoms. The molecule has 1 aliphatic heterocycles. The molecule has 5 nitrogen and oxygen atoms in total. The topological polar surface area (TPSA) is 66.5 Å². The van der Waals surface area contributed by atoms with Crippen molar-refractivity contribution < 1.29 is 14.4 Å². The van der Waals surface area contributed by atoms with E-state index in [0.29, 0.717) is 12.0 Å². The lowest BCUT2D eigenvalue weighted by Crippen LogP contribution is -2.42. The second-order valence-corrected chi connectivity index (χ2v) is 7.56. The van der Waals surface area contributed by atoms with E-state index in [2.05, 4.69) is 5.32 Å². The summed E-state index contributed by atoms with van der Waals surface area (Å²) in [5.41, 5.74) is 4.45. The molecule has 1 heterocycles. The molecule has 1 saturated heterocycles. The van der Waals surface area contributed by atoms with Crippen LogP contribution in [0.4, 0.5) is 4.79 Å². The van der Waals surface area contributed by atoms with E-state index in [1.807, 2.05) is 57.2 Å². The van der Waals surface area contributed by atoms with Gasteiger partial charge in [0.2, 0.25) is 0 Å². The number of nitrogens with one attached hydrogen (secondary N) is 1. The predicted molar refractivity (Wildman–Crippen MR) is 102 cm³/mol. The summed E-state index contributed by atoms with van der Waals surface area (Å²) in [5, 5.41) is 2.86. The first kappa shape index (κ1) is 17.5. The van der Waals surface area contributed by atoms with Gasteiger partial charge in [0.05, 0.1) is 6.54 Å². The van der Waals surface area contributed by atoms with Gasteiger partial charge in [-0.15, -0.1) is 0 Å². The fourth-order valence-electron chi connectivity index (χ4n) is 4.22. The van der Waals surface area contributed by atoms with Crippen molar-refractivity contribution in [2.75, 3.05) is 6.54 Å². The van der Waals surface area contributed by atoms with Crippen molar-refractivity contribution in [1.82, 2.24) is 10.2 Å². The Hall–Kier alpha value is -2.95. The fourth-order valence-corrected chi connectivity index (χ4v) is 4.22. The molecule has 2 aromatic carbocycles.